The Labute approximate surface area is 128 Å². The van der Waals surface area contributed by atoms with E-state index >= 15 is 0 Å². The number of para-hydroxylation sites is 1. The van der Waals surface area contributed by atoms with Crippen LogP contribution >= 0.6 is 11.3 Å². The van der Waals surface area contributed by atoms with Crippen molar-refractivity contribution in [2.24, 2.45) is 5.73 Å². The second-order valence-electron chi connectivity index (χ2n) is 5.08. The van der Waals surface area contributed by atoms with Gasteiger partial charge in [-0.1, -0.05) is 6.07 Å². The van der Waals surface area contributed by atoms with E-state index in [1.54, 1.807) is 18.4 Å². The summed E-state index contributed by atoms with van der Waals surface area (Å²) < 4.78 is 11.2. The molecule has 2 aromatic rings. The van der Waals surface area contributed by atoms with Crippen molar-refractivity contribution in [3.05, 3.63) is 28.8 Å². The van der Waals surface area contributed by atoms with Gasteiger partial charge in [-0.15, -0.1) is 11.3 Å². The molecule has 1 aromatic carbocycles. The van der Waals surface area contributed by atoms with Crippen LogP contribution < -0.4 is 15.2 Å². The zero-order valence-corrected chi connectivity index (χ0v) is 13.2. The van der Waals surface area contributed by atoms with Gasteiger partial charge in [-0.05, 0) is 31.9 Å². The summed E-state index contributed by atoms with van der Waals surface area (Å²) in [5, 5.41) is 0.972. The highest BCUT2D eigenvalue weighted by Gasteiger charge is 2.30. The van der Waals surface area contributed by atoms with Gasteiger partial charge in [0.25, 0.3) is 0 Å². The first-order chi connectivity index (χ1) is 10.3. The molecular weight excluding hydrogens is 284 g/mol. The molecule has 4 nitrogen and oxygen atoms in total. The molecule has 0 saturated heterocycles. The van der Waals surface area contributed by atoms with Crippen molar-refractivity contribution in [1.82, 2.24) is 4.98 Å². The average molecular weight is 304 g/mol. The maximum Gasteiger partial charge on any atom is 0.171 e. The number of ether oxygens (including phenoxy) is 2. The minimum Gasteiger partial charge on any atom is -0.493 e. The topological polar surface area (TPSA) is 57.4 Å². The number of aromatic nitrogens is 1. The molecule has 1 heterocycles. The molecule has 0 bridgehead atoms. The molecule has 2 N–H and O–H groups in total. The first-order valence-electron chi connectivity index (χ1n) is 7.28. The Kier molecular flexibility index (Phi) is 4.12. The van der Waals surface area contributed by atoms with Crippen LogP contribution in [-0.2, 0) is 6.54 Å². The van der Waals surface area contributed by atoms with Crippen LogP contribution in [0.1, 0.15) is 36.3 Å². The summed E-state index contributed by atoms with van der Waals surface area (Å²) in [6, 6.07) is 5.91. The van der Waals surface area contributed by atoms with Crippen LogP contribution in [0.5, 0.6) is 11.5 Å². The Balaban J connectivity index is 2.07. The van der Waals surface area contributed by atoms with Gasteiger partial charge < -0.3 is 15.2 Å². The van der Waals surface area contributed by atoms with Gasteiger partial charge >= 0.3 is 0 Å². The van der Waals surface area contributed by atoms with Gasteiger partial charge in [0.1, 0.15) is 5.01 Å². The molecule has 1 aromatic heterocycles. The van der Waals surface area contributed by atoms with Crippen molar-refractivity contribution in [3.63, 3.8) is 0 Å². The van der Waals surface area contributed by atoms with E-state index in [-0.39, 0.29) is 0 Å². The van der Waals surface area contributed by atoms with Crippen LogP contribution in [0, 0.1) is 0 Å². The smallest absolute Gasteiger partial charge is 0.171 e. The van der Waals surface area contributed by atoms with Gasteiger partial charge in [0, 0.05) is 17.3 Å². The molecule has 112 valence electrons. The first-order valence-corrected chi connectivity index (χ1v) is 8.10. The Morgan fingerprint density at radius 2 is 2.19 bits per heavy atom. The molecular formula is C16H20N2O2S. The molecule has 0 spiro atoms. The number of hydrogen-bond acceptors (Lipinski definition) is 5. The van der Waals surface area contributed by atoms with Gasteiger partial charge in [0.05, 0.1) is 25.0 Å². The fraction of sp³-hybridized carbons (Fsp3) is 0.438. The summed E-state index contributed by atoms with van der Waals surface area (Å²) in [6.07, 6.45) is 2.46. The third-order valence-corrected chi connectivity index (χ3v) is 4.72. The maximum atomic E-state index is 5.87. The summed E-state index contributed by atoms with van der Waals surface area (Å²) in [6.45, 7) is 3.12. The largest absolute Gasteiger partial charge is 0.493 e. The Morgan fingerprint density at radius 1 is 1.38 bits per heavy atom. The monoisotopic (exact) mass is 304 g/mol. The van der Waals surface area contributed by atoms with Crippen molar-refractivity contribution in [2.45, 2.75) is 32.2 Å². The second-order valence-corrected chi connectivity index (χ2v) is 6.16. The highest BCUT2D eigenvalue weighted by molar-refractivity contribution is 7.15. The number of nitrogens with zero attached hydrogens (tertiary/aromatic N) is 1. The molecule has 0 aliphatic heterocycles. The zero-order valence-electron chi connectivity index (χ0n) is 12.4. The van der Waals surface area contributed by atoms with Gasteiger partial charge in [-0.25, -0.2) is 4.98 Å². The molecule has 5 heteroatoms. The number of rotatable bonds is 6. The van der Waals surface area contributed by atoms with E-state index in [4.69, 9.17) is 20.2 Å². The molecule has 0 amide bonds. The molecule has 1 fully saturated rings. The highest BCUT2D eigenvalue weighted by Crippen LogP contribution is 2.46. The van der Waals surface area contributed by atoms with Crippen molar-refractivity contribution in [3.8, 4) is 22.1 Å². The maximum absolute atomic E-state index is 5.87. The zero-order chi connectivity index (χ0) is 14.8. The van der Waals surface area contributed by atoms with Crippen molar-refractivity contribution in [1.29, 1.82) is 0 Å². The van der Waals surface area contributed by atoms with Gasteiger partial charge in [-0.3, -0.25) is 0 Å². The van der Waals surface area contributed by atoms with E-state index in [1.807, 2.05) is 25.1 Å². The Morgan fingerprint density at radius 3 is 2.81 bits per heavy atom. The van der Waals surface area contributed by atoms with E-state index < -0.39 is 0 Å². The molecule has 1 saturated carbocycles. The first kappa shape index (κ1) is 14.4. The van der Waals surface area contributed by atoms with Crippen molar-refractivity contribution < 1.29 is 9.47 Å². The lowest BCUT2D eigenvalue weighted by Gasteiger charge is -2.12. The van der Waals surface area contributed by atoms with E-state index in [9.17, 15) is 0 Å². The van der Waals surface area contributed by atoms with Gasteiger partial charge in [0.15, 0.2) is 11.5 Å². The molecule has 21 heavy (non-hydrogen) atoms. The standard InChI is InChI=1S/C16H20N2O2S/c1-3-20-15-11(5-4-6-12(15)19-2)16-18-14(10-7-8-10)13(9-17)21-16/h4-6,10H,3,7-9,17H2,1-2H3. The molecule has 1 aliphatic rings. The molecule has 0 radical (unpaired) electrons. The van der Waals surface area contributed by atoms with Crippen LogP contribution in [-0.4, -0.2) is 18.7 Å². The molecule has 0 atom stereocenters. The Bertz CT molecular complexity index is 635. The summed E-state index contributed by atoms with van der Waals surface area (Å²) in [4.78, 5) is 6.03. The normalized spacial score (nSPS) is 14.2. The fourth-order valence-corrected chi connectivity index (χ4v) is 3.49. The number of hydrogen-bond donors (Lipinski definition) is 1. The van der Waals surface area contributed by atoms with Crippen LogP contribution in [0.15, 0.2) is 18.2 Å². The van der Waals surface area contributed by atoms with Gasteiger partial charge in [0.2, 0.25) is 0 Å². The lowest BCUT2D eigenvalue weighted by atomic mass is 10.2. The summed E-state index contributed by atoms with van der Waals surface area (Å²) in [5.41, 5.74) is 8.05. The van der Waals surface area contributed by atoms with Crippen LogP contribution in [0.3, 0.4) is 0 Å². The fourth-order valence-electron chi connectivity index (χ4n) is 2.44. The quantitative estimate of drug-likeness (QED) is 0.886. The molecule has 3 rings (SSSR count). The number of nitrogens with two attached hydrogens (primary N) is 1. The third-order valence-electron chi connectivity index (χ3n) is 3.59. The lowest BCUT2D eigenvalue weighted by molar-refractivity contribution is 0.312. The summed E-state index contributed by atoms with van der Waals surface area (Å²) >= 11 is 1.67. The predicted octanol–water partition coefficient (Wildman–Crippen LogP) is 3.55. The molecule has 1 aliphatic carbocycles. The van der Waals surface area contributed by atoms with E-state index in [0.717, 1.165) is 22.1 Å². The number of benzene rings is 1. The number of methoxy groups -OCH3 is 1. The Hall–Kier alpha value is -1.59. The highest BCUT2D eigenvalue weighted by atomic mass is 32.1. The SMILES string of the molecule is CCOc1c(OC)cccc1-c1nc(C2CC2)c(CN)s1. The van der Waals surface area contributed by atoms with Crippen LogP contribution in [0.4, 0.5) is 0 Å². The minimum atomic E-state index is 0.553. The van der Waals surface area contributed by atoms with Crippen molar-refractivity contribution >= 4 is 11.3 Å². The van der Waals surface area contributed by atoms with Crippen LogP contribution in [0.25, 0.3) is 10.6 Å². The van der Waals surface area contributed by atoms with E-state index in [1.165, 1.54) is 23.4 Å². The van der Waals surface area contributed by atoms with Crippen LogP contribution in [0.2, 0.25) is 0 Å². The van der Waals surface area contributed by atoms with E-state index in [0.29, 0.717) is 19.1 Å². The summed E-state index contributed by atoms with van der Waals surface area (Å²) in [5.74, 6) is 2.11. The van der Waals surface area contributed by atoms with E-state index in [2.05, 4.69) is 0 Å². The molecule has 0 unspecified atom stereocenters. The third kappa shape index (κ3) is 2.76. The minimum absolute atomic E-state index is 0.553. The van der Waals surface area contributed by atoms with Crippen molar-refractivity contribution in [2.75, 3.05) is 13.7 Å². The summed E-state index contributed by atoms with van der Waals surface area (Å²) in [7, 11) is 1.66. The predicted molar refractivity (Wildman–Crippen MR) is 85.1 cm³/mol. The number of thiazole rings is 1. The lowest BCUT2D eigenvalue weighted by Crippen LogP contribution is -1.97. The second kappa shape index (κ2) is 6.03. The van der Waals surface area contributed by atoms with Gasteiger partial charge in [-0.2, -0.15) is 0 Å². The average Bonchev–Trinajstić information content (AvgIpc) is 3.27.